The van der Waals surface area contributed by atoms with Gasteiger partial charge in [0.25, 0.3) is 11.5 Å². The predicted molar refractivity (Wildman–Crippen MR) is 129 cm³/mol. The van der Waals surface area contributed by atoms with Crippen LogP contribution < -0.4 is 20.7 Å². The molecule has 0 atom stereocenters. The topological polar surface area (TPSA) is 151 Å². The number of anilines is 2. The van der Waals surface area contributed by atoms with Crippen molar-refractivity contribution >= 4 is 45.7 Å². The van der Waals surface area contributed by atoms with Gasteiger partial charge in [0.15, 0.2) is 0 Å². The number of aryl methyl sites for hydroxylation is 1. The van der Waals surface area contributed by atoms with E-state index in [-0.39, 0.29) is 24.4 Å². The summed E-state index contributed by atoms with van der Waals surface area (Å²) >= 11 is 0. The molecule has 0 spiro atoms. The fraction of sp³-hybridized carbons (Fsp3) is 0.217. The van der Waals surface area contributed by atoms with Crippen LogP contribution >= 0.6 is 0 Å². The molecule has 0 bridgehead atoms. The van der Waals surface area contributed by atoms with Crippen molar-refractivity contribution in [2.45, 2.75) is 6.42 Å². The molecule has 0 saturated carbocycles. The number of hydrogen-bond donors (Lipinski definition) is 1. The van der Waals surface area contributed by atoms with Crippen LogP contribution in [-0.4, -0.2) is 42.0 Å². The minimum atomic E-state index is -1.15. The van der Waals surface area contributed by atoms with Gasteiger partial charge in [-0.05, 0) is 35.5 Å². The van der Waals surface area contributed by atoms with E-state index in [4.69, 9.17) is 0 Å². The minimum absolute atomic E-state index is 0.125. The SMILES string of the molecule is Cn1c(=O)c(C(=O)NCC(=O)N=O)c(N=O)c2cc(N3CN(c4ccccc4)CCC3=O)ccc21. The molecule has 3 amide bonds. The zero-order valence-corrected chi connectivity index (χ0v) is 18.6. The molecule has 12 nitrogen and oxygen atoms in total. The number of para-hydroxylation sites is 1. The molecule has 3 aromatic rings. The highest BCUT2D eigenvalue weighted by molar-refractivity contribution is 6.08. The Bertz CT molecular complexity index is 1420. The number of fused-ring (bicyclic) bond motifs is 1. The predicted octanol–water partition coefficient (Wildman–Crippen LogP) is 2.16. The van der Waals surface area contributed by atoms with Crippen LogP contribution in [0.15, 0.2) is 63.7 Å². The smallest absolute Gasteiger partial charge is 0.305 e. The van der Waals surface area contributed by atoms with E-state index in [9.17, 15) is 29.0 Å². The molecule has 1 saturated heterocycles. The lowest BCUT2D eigenvalue weighted by Crippen LogP contribution is -2.48. The van der Waals surface area contributed by atoms with Crippen LogP contribution in [0.5, 0.6) is 0 Å². The van der Waals surface area contributed by atoms with E-state index in [0.717, 1.165) is 10.3 Å². The standard InChI is InChI=1S/C23H20N6O6/c1-27-17-8-7-15(29-13-28(10-9-19(29)31)14-5-3-2-4-6-14)11-16(17)21(26-35)20(23(27)33)22(32)24-12-18(30)25-34/h2-8,11H,9-10,12-13H2,1H3,(H,24,32). The first-order chi connectivity index (χ1) is 16.8. The molecule has 2 aromatic carbocycles. The van der Waals surface area contributed by atoms with Gasteiger partial charge in [0.05, 0.1) is 12.2 Å². The third-order valence-electron chi connectivity index (χ3n) is 5.81. The van der Waals surface area contributed by atoms with Crippen molar-refractivity contribution in [3.8, 4) is 0 Å². The summed E-state index contributed by atoms with van der Waals surface area (Å²) in [6, 6.07) is 14.3. The second-order valence-electron chi connectivity index (χ2n) is 7.86. The van der Waals surface area contributed by atoms with E-state index < -0.39 is 35.2 Å². The first kappa shape index (κ1) is 23.4. The lowest BCUT2D eigenvalue weighted by molar-refractivity contribution is -0.119. The van der Waals surface area contributed by atoms with Crippen molar-refractivity contribution in [2.24, 2.45) is 17.4 Å². The van der Waals surface area contributed by atoms with E-state index in [1.54, 1.807) is 17.0 Å². The molecule has 1 N–H and O–H groups in total. The number of carbonyl (C=O) groups is 3. The van der Waals surface area contributed by atoms with Crippen LogP contribution in [0.3, 0.4) is 0 Å². The third kappa shape index (κ3) is 4.40. The summed E-state index contributed by atoms with van der Waals surface area (Å²) in [4.78, 5) is 75.0. The van der Waals surface area contributed by atoms with E-state index >= 15 is 0 Å². The van der Waals surface area contributed by atoms with Gasteiger partial charge >= 0.3 is 5.91 Å². The second kappa shape index (κ2) is 9.63. The van der Waals surface area contributed by atoms with Crippen molar-refractivity contribution < 1.29 is 14.4 Å². The summed E-state index contributed by atoms with van der Waals surface area (Å²) in [6.45, 7) is 0.0683. The van der Waals surface area contributed by atoms with Gasteiger partial charge in [-0.2, -0.15) is 0 Å². The Hall–Kier alpha value is -4.74. The number of hydrogen-bond acceptors (Lipinski definition) is 8. The lowest BCUT2D eigenvalue weighted by atomic mass is 10.1. The first-order valence-corrected chi connectivity index (χ1v) is 10.6. The molecule has 0 unspecified atom stereocenters. The summed E-state index contributed by atoms with van der Waals surface area (Å²) in [5.41, 5.74) is -0.103. The van der Waals surface area contributed by atoms with Gasteiger partial charge in [-0.25, -0.2) is 0 Å². The maximum Gasteiger partial charge on any atom is 0.305 e. The highest BCUT2D eigenvalue weighted by Gasteiger charge is 2.27. The van der Waals surface area contributed by atoms with Crippen LogP contribution in [0, 0.1) is 9.81 Å². The van der Waals surface area contributed by atoms with Crippen LogP contribution in [0.2, 0.25) is 0 Å². The van der Waals surface area contributed by atoms with Crippen molar-refractivity contribution in [3.63, 3.8) is 0 Å². The summed E-state index contributed by atoms with van der Waals surface area (Å²) in [7, 11) is 1.41. The molecule has 0 radical (unpaired) electrons. The van der Waals surface area contributed by atoms with E-state index in [0.29, 0.717) is 17.7 Å². The number of nitrogens with zero attached hydrogens (tertiary/aromatic N) is 5. The van der Waals surface area contributed by atoms with Crippen LogP contribution in [0.1, 0.15) is 16.8 Å². The van der Waals surface area contributed by atoms with Gasteiger partial charge in [0.1, 0.15) is 17.8 Å². The second-order valence-corrected chi connectivity index (χ2v) is 7.86. The number of nitroso groups, excluding NO2 is 2. The van der Waals surface area contributed by atoms with Gasteiger partial charge in [0.2, 0.25) is 5.91 Å². The summed E-state index contributed by atoms with van der Waals surface area (Å²) in [6.07, 6.45) is 0.269. The average molecular weight is 476 g/mol. The highest BCUT2D eigenvalue weighted by Crippen LogP contribution is 2.32. The van der Waals surface area contributed by atoms with Crippen molar-refractivity contribution in [3.05, 3.63) is 74.3 Å². The Kier molecular flexibility index (Phi) is 6.44. The minimum Gasteiger partial charge on any atom is -0.353 e. The number of nitrogens with one attached hydrogen (secondary N) is 1. The molecule has 4 rings (SSSR count). The molecule has 12 heteroatoms. The fourth-order valence-corrected chi connectivity index (χ4v) is 4.02. The fourth-order valence-electron chi connectivity index (χ4n) is 4.02. The average Bonchev–Trinajstić information content (AvgIpc) is 2.89. The lowest BCUT2D eigenvalue weighted by Gasteiger charge is -2.37. The Balaban J connectivity index is 1.78. The Labute approximate surface area is 198 Å². The first-order valence-electron chi connectivity index (χ1n) is 10.6. The van der Waals surface area contributed by atoms with Crippen LogP contribution in [0.25, 0.3) is 10.9 Å². The molecule has 0 aliphatic carbocycles. The van der Waals surface area contributed by atoms with Gasteiger partial charge < -0.3 is 14.8 Å². The summed E-state index contributed by atoms with van der Waals surface area (Å²) < 4.78 is 1.16. The maximum atomic E-state index is 12.8. The molecule has 1 fully saturated rings. The van der Waals surface area contributed by atoms with Gasteiger partial charge in [-0.15, -0.1) is 9.81 Å². The molecule has 178 valence electrons. The van der Waals surface area contributed by atoms with E-state index in [2.05, 4.69) is 15.7 Å². The monoisotopic (exact) mass is 476 g/mol. The number of aromatic nitrogens is 1. The Morgan fingerprint density at radius 2 is 1.77 bits per heavy atom. The molecule has 35 heavy (non-hydrogen) atoms. The maximum absolute atomic E-state index is 12.8. The van der Waals surface area contributed by atoms with Gasteiger partial charge in [0, 0.05) is 42.0 Å². The van der Waals surface area contributed by atoms with Crippen molar-refractivity contribution in [2.75, 3.05) is 29.6 Å². The number of carbonyl (C=O) groups excluding carboxylic acids is 3. The van der Waals surface area contributed by atoms with Crippen LogP contribution in [-0.2, 0) is 16.6 Å². The third-order valence-corrected chi connectivity index (χ3v) is 5.81. The highest BCUT2D eigenvalue weighted by atomic mass is 16.3. The van der Waals surface area contributed by atoms with E-state index in [1.807, 2.05) is 35.2 Å². The Morgan fingerprint density at radius 3 is 2.46 bits per heavy atom. The number of rotatable bonds is 6. The van der Waals surface area contributed by atoms with Crippen molar-refractivity contribution in [1.82, 2.24) is 9.88 Å². The van der Waals surface area contributed by atoms with Gasteiger partial charge in [-0.1, -0.05) is 18.2 Å². The largest absolute Gasteiger partial charge is 0.353 e. The summed E-state index contributed by atoms with van der Waals surface area (Å²) in [5.74, 6) is -2.32. The molecule has 1 aliphatic heterocycles. The molecule has 1 aliphatic rings. The normalized spacial score (nSPS) is 13.6. The zero-order valence-electron chi connectivity index (χ0n) is 18.6. The zero-order chi connectivity index (χ0) is 25.1. The number of pyridine rings is 1. The van der Waals surface area contributed by atoms with Crippen molar-refractivity contribution in [1.29, 1.82) is 0 Å². The van der Waals surface area contributed by atoms with Crippen LogP contribution in [0.4, 0.5) is 17.1 Å². The number of benzene rings is 2. The molecular formula is C23H20N6O6. The molecule has 2 heterocycles. The van der Waals surface area contributed by atoms with Gasteiger partial charge in [-0.3, -0.25) is 24.1 Å². The Morgan fingerprint density at radius 1 is 1.03 bits per heavy atom. The summed E-state index contributed by atoms with van der Waals surface area (Å²) in [5, 5.41) is 7.38. The molecule has 1 aromatic heterocycles. The quantitative estimate of drug-likeness (QED) is 0.536. The van der Waals surface area contributed by atoms with E-state index in [1.165, 1.54) is 13.1 Å². The molecular weight excluding hydrogens is 456 g/mol. The number of amides is 3.